The lowest BCUT2D eigenvalue weighted by atomic mass is 10.2. The zero-order valence-corrected chi connectivity index (χ0v) is 6.77. The van der Waals surface area contributed by atoms with E-state index in [0.717, 1.165) is 11.6 Å². The maximum atomic E-state index is 10.1. The topological polar surface area (TPSA) is 41.2 Å². The second kappa shape index (κ2) is 3.67. The highest BCUT2D eigenvalue weighted by molar-refractivity contribution is 5.85. The molecule has 1 aromatic rings. The molecule has 1 rings (SSSR count). The van der Waals surface area contributed by atoms with E-state index in [1.165, 1.54) is 0 Å². The molecule has 0 fully saturated rings. The molecule has 1 aromatic heterocycles. The number of hydrogen-bond acceptors (Lipinski definition) is 1. The molecule has 3 heteroatoms. The lowest BCUT2D eigenvalue weighted by Crippen LogP contribution is -2.25. The van der Waals surface area contributed by atoms with Gasteiger partial charge in [-0.3, -0.25) is 0 Å². The summed E-state index contributed by atoms with van der Waals surface area (Å²) in [4.78, 5) is 10.1. The van der Waals surface area contributed by atoms with Gasteiger partial charge in [-0.1, -0.05) is 0 Å². The average molecular weight is 164 g/mol. The molecule has 0 atom stereocenters. The molecule has 0 amide bonds. The van der Waals surface area contributed by atoms with Gasteiger partial charge in [0.25, 0.3) is 0 Å². The van der Waals surface area contributed by atoms with Crippen molar-refractivity contribution in [1.82, 2.24) is 0 Å². The number of rotatable bonds is 2. The summed E-state index contributed by atoms with van der Waals surface area (Å²) in [5.41, 5.74) is 0.885. The fraction of sp³-hybridized carbons (Fsp3) is 0.111. The molecule has 0 aliphatic heterocycles. The van der Waals surface area contributed by atoms with Crippen molar-refractivity contribution in [3.05, 3.63) is 36.2 Å². The minimum atomic E-state index is -0.928. The Balaban J connectivity index is 2.77. The fourth-order valence-corrected chi connectivity index (χ4v) is 0.791. The van der Waals surface area contributed by atoms with E-state index in [2.05, 4.69) is 0 Å². The highest BCUT2D eigenvalue weighted by Crippen LogP contribution is 1.97. The van der Waals surface area contributed by atoms with E-state index in [-0.39, 0.29) is 0 Å². The Morgan fingerprint density at radius 2 is 2.08 bits per heavy atom. The van der Waals surface area contributed by atoms with Crippen molar-refractivity contribution in [2.75, 3.05) is 0 Å². The van der Waals surface area contributed by atoms with Crippen molar-refractivity contribution in [3.63, 3.8) is 0 Å². The molecular formula is C9H10NO2+. The molecule has 0 aliphatic rings. The van der Waals surface area contributed by atoms with Crippen LogP contribution >= 0.6 is 0 Å². The number of pyridine rings is 1. The highest BCUT2D eigenvalue weighted by Gasteiger charge is 1.91. The minimum Gasteiger partial charge on any atom is -0.478 e. The summed E-state index contributed by atoms with van der Waals surface area (Å²) < 4.78 is 1.89. The molecular weight excluding hydrogens is 154 g/mol. The maximum Gasteiger partial charge on any atom is 0.328 e. The Morgan fingerprint density at radius 3 is 2.58 bits per heavy atom. The Kier molecular flexibility index (Phi) is 2.58. The molecule has 0 aliphatic carbocycles. The van der Waals surface area contributed by atoms with Crippen LogP contribution in [0.15, 0.2) is 30.6 Å². The van der Waals surface area contributed by atoms with Gasteiger partial charge in [-0.2, -0.15) is 0 Å². The second-order valence-corrected chi connectivity index (χ2v) is 2.47. The number of carbonyl (C=O) groups is 1. The van der Waals surface area contributed by atoms with E-state index >= 15 is 0 Å². The lowest BCUT2D eigenvalue weighted by Gasteiger charge is -1.88. The first-order valence-corrected chi connectivity index (χ1v) is 3.55. The first kappa shape index (κ1) is 8.46. The van der Waals surface area contributed by atoms with Gasteiger partial charge in [-0.15, -0.1) is 0 Å². The van der Waals surface area contributed by atoms with Gasteiger partial charge in [0.2, 0.25) is 0 Å². The van der Waals surface area contributed by atoms with Crippen LogP contribution in [0, 0.1) is 0 Å². The molecule has 0 unspecified atom stereocenters. The van der Waals surface area contributed by atoms with E-state index in [0.29, 0.717) is 0 Å². The van der Waals surface area contributed by atoms with Crippen molar-refractivity contribution >= 4 is 12.0 Å². The van der Waals surface area contributed by atoms with Crippen LogP contribution in [-0.2, 0) is 11.8 Å². The van der Waals surface area contributed by atoms with Crippen LogP contribution < -0.4 is 4.57 Å². The molecule has 0 spiro atoms. The van der Waals surface area contributed by atoms with Crippen molar-refractivity contribution in [2.45, 2.75) is 0 Å². The Bertz CT molecular complexity index is 301. The van der Waals surface area contributed by atoms with Gasteiger partial charge in [-0.25, -0.2) is 9.36 Å². The van der Waals surface area contributed by atoms with Gasteiger partial charge < -0.3 is 5.11 Å². The SMILES string of the molecule is C[n+]1ccc(C=CC(=O)O)cc1. The molecule has 12 heavy (non-hydrogen) atoms. The van der Waals surface area contributed by atoms with E-state index in [1.54, 1.807) is 6.08 Å². The molecule has 0 aromatic carbocycles. The van der Waals surface area contributed by atoms with E-state index in [1.807, 2.05) is 36.1 Å². The van der Waals surface area contributed by atoms with E-state index < -0.39 is 5.97 Å². The van der Waals surface area contributed by atoms with Crippen LogP contribution in [0.5, 0.6) is 0 Å². The number of carboxylic acids is 1. The molecule has 0 radical (unpaired) electrons. The average Bonchev–Trinajstić information content (AvgIpc) is 2.03. The Labute approximate surface area is 70.6 Å². The van der Waals surface area contributed by atoms with Gasteiger partial charge in [0, 0.05) is 18.2 Å². The summed E-state index contributed by atoms with van der Waals surface area (Å²) in [5.74, 6) is -0.928. The largest absolute Gasteiger partial charge is 0.478 e. The molecule has 0 bridgehead atoms. The highest BCUT2D eigenvalue weighted by atomic mass is 16.4. The van der Waals surface area contributed by atoms with Crippen LogP contribution in [-0.4, -0.2) is 11.1 Å². The van der Waals surface area contributed by atoms with E-state index in [9.17, 15) is 4.79 Å². The smallest absolute Gasteiger partial charge is 0.328 e. The van der Waals surface area contributed by atoms with Gasteiger partial charge in [0.1, 0.15) is 7.05 Å². The predicted molar refractivity (Wildman–Crippen MR) is 44.3 cm³/mol. The number of aliphatic carboxylic acids is 1. The molecule has 0 saturated heterocycles. The third-order valence-corrected chi connectivity index (χ3v) is 1.42. The van der Waals surface area contributed by atoms with Crippen molar-refractivity contribution in [3.8, 4) is 0 Å². The molecule has 3 nitrogen and oxygen atoms in total. The summed E-state index contributed by atoms with van der Waals surface area (Å²) in [5, 5.41) is 8.34. The number of hydrogen-bond donors (Lipinski definition) is 1. The summed E-state index contributed by atoms with van der Waals surface area (Å²) in [6, 6.07) is 3.69. The summed E-state index contributed by atoms with van der Waals surface area (Å²) >= 11 is 0. The normalized spacial score (nSPS) is 10.4. The number of carboxylic acid groups (broad SMARTS) is 1. The maximum absolute atomic E-state index is 10.1. The zero-order chi connectivity index (χ0) is 8.97. The van der Waals surface area contributed by atoms with Crippen LogP contribution in [0.4, 0.5) is 0 Å². The lowest BCUT2D eigenvalue weighted by molar-refractivity contribution is -0.671. The standard InChI is InChI=1S/C9H9NO2/c1-10-6-4-8(5-7-10)2-3-9(11)12/h2-7H,1H3/p+1. The quantitative estimate of drug-likeness (QED) is 0.514. The van der Waals surface area contributed by atoms with Crippen molar-refractivity contribution < 1.29 is 14.5 Å². The van der Waals surface area contributed by atoms with Gasteiger partial charge in [0.15, 0.2) is 12.4 Å². The molecule has 0 saturated carbocycles. The monoisotopic (exact) mass is 164 g/mol. The first-order valence-electron chi connectivity index (χ1n) is 3.55. The minimum absolute atomic E-state index is 0.885. The zero-order valence-electron chi connectivity index (χ0n) is 6.77. The third-order valence-electron chi connectivity index (χ3n) is 1.42. The van der Waals surface area contributed by atoms with Crippen molar-refractivity contribution in [2.24, 2.45) is 7.05 Å². The molecule has 1 heterocycles. The van der Waals surface area contributed by atoms with E-state index in [4.69, 9.17) is 5.11 Å². The van der Waals surface area contributed by atoms with Gasteiger partial charge >= 0.3 is 5.97 Å². The predicted octanol–water partition coefficient (Wildman–Crippen LogP) is 0.609. The summed E-state index contributed by atoms with van der Waals surface area (Å²) in [7, 11) is 1.91. The van der Waals surface area contributed by atoms with Crippen molar-refractivity contribution in [1.29, 1.82) is 0 Å². The van der Waals surface area contributed by atoms with Gasteiger partial charge in [0.05, 0.1) is 0 Å². The summed E-state index contributed by atoms with van der Waals surface area (Å²) in [6.07, 6.45) is 6.40. The van der Waals surface area contributed by atoms with Crippen LogP contribution in [0.3, 0.4) is 0 Å². The second-order valence-electron chi connectivity index (χ2n) is 2.47. The number of aromatic nitrogens is 1. The van der Waals surface area contributed by atoms with Crippen LogP contribution in [0.1, 0.15) is 5.56 Å². The van der Waals surface area contributed by atoms with Crippen LogP contribution in [0.2, 0.25) is 0 Å². The fourth-order valence-electron chi connectivity index (χ4n) is 0.791. The third kappa shape index (κ3) is 2.54. The Hall–Kier alpha value is -1.64. The number of aryl methyl sites for hydroxylation is 1. The Morgan fingerprint density at radius 1 is 1.50 bits per heavy atom. The van der Waals surface area contributed by atoms with Gasteiger partial charge in [-0.05, 0) is 11.6 Å². The summed E-state index contributed by atoms with van der Waals surface area (Å²) in [6.45, 7) is 0. The number of nitrogens with zero attached hydrogens (tertiary/aromatic N) is 1. The molecule has 1 N–H and O–H groups in total. The first-order chi connectivity index (χ1) is 5.68. The van der Waals surface area contributed by atoms with Crippen LogP contribution in [0.25, 0.3) is 6.08 Å². The molecule has 62 valence electrons.